The van der Waals surface area contributed by atoms with Gasteiger partial charge < -0.3 is 10.1 Å². The Bertz CT molecular complexity index is 609. The van der Waals surface area contributed by atoms with E-state index in [1.54, 1.807) is 12.1 Å². The van der Waals surface area contributed by atoms with Crippen molar-refractivity contribution >= 4 is 17.7 Å². The van der Waals surface area contributed by atoms with Gasteiger partial charge in [-0.3, -0.25) is 14.4 Å². The van der Waals surface area contributed by atoms with Gasteiger partial charge in [0.1, 0.15) is 0 Å². The van der Waals surface area contributed by atoms with Crippen LogP contribution in [0.2, 0.25) is 0 Å². The fourth-order valence-corrected chi connectivity index (χ4v) is 3.10. The highest BCUT2D eigenvalue weighted by Gasteiger charge is 2.23. The molecule has 1 aliphatic carbocycles. The number of Topliss-reactive ketones (excluding diaryl/α,β-unsaturated/α-hetero) is 1. The van der Waals surface area contributed by atoms with Crippen LogP contribution in [-0.2, 0) is 14.3 Å². The van der Waals surface area contributed by atoms with E-state index in [1.165, 1.54) is 6.42 Å². The molecule has 25 heavy (non-hydrogen) atoms. The Kier molecular flexibility index (Phi) is 7.16. The average molecular weight is 345 g/mol. The number of esters is 1. The molecule has 1 saturated carbocycles. The number of carbonyl (C=O) groups excluding carboxylic acids is 3. The smallest absolute Gasteiger partial charge is 0.306 e. The van der Waals surface area contributed by atoms with Crippen LogP contribution >= 0.6 is 0 Å². The van der Waals surface area contributed by atoms with E-state index in [2.05, 4.69) is 12.2 Å². The Morgan fingerprint density at radius 3 is 2.44 bits per heavy atom. The molecule has 0 bridgehead atoms. The van der Waals surface area contributed by atoms with E-state index in [0.717, 1.165) is 24.8 Å². The van der Waals surface area contributed by atoms with Crippen LogP contribution in [0.4, 0.5) is 0 Å². The molecular weight excluding hydrogens is 318 g/mol. The van der Waals surface area contributed by atoms with Gasteiger partial charge in [-0.2, -0.15) is 0 Å². The number of hydrogen-bond acceptors (Lipinski definition) is 4. The monoisotopic (exact) mass is 345 g/mol. The maximum Gasteiger partial charge on any atom is 0.306 e. The predicted molar refractivity (Wildman–Crippen MR) is 95.3 cm³/mol. The summed E-state index contributed by atoms with van der Waals surface area (Å²) < 4.78 is 4.98. The Morgan fingerprint density at radius 1 is 1.08 bits per heavy atom. The van der Waals surface area contributed by atoms with Crippen molar-refractivity contribution in [3.05, 3.63) is 35.4 Å². The lowest BCUT2D eigenvalue weighted by molar-refractivity contribution is -0.148. The van der Waals surface area contributed by atoms with Crippen LogP contribution in [0.5, 0.6) is 0 Å². The van der Waals surface area contributed by atoms with Gasteiger partial charge in [-0.15, -0.1) is 0 Å². The second kappa shape index (κ2) is 9.35. The average Bonchev–Trinajstić information content (AvgIpc) is 2.60. The van der Waals surface area contributed by atoms with Crippen LogP contribution in [0.15, 0.2) is 24.3 Å². The minimum atomic E-state index is -0.521. The molecule has 0 aromatic heterocycles. The molecule has 1 aliphatic rings. The maximum absolute atomic E-state index is 12.0. The van der Waals surface area contributed by atoms with Gasteiger partial charge >= 0.3 is 5.97 Å². The van der Waals surface area contributed by atoms with Gasteiger partial charge in [0, 0.05) is 18.0 Å². The molecular formula is C20H27NO4. The molecule has 0 saturated heterocycles. The normalized spacial score (nSPS) is 19.9. The highest BCUT2D eigenvalue weighted by Crippen LogP contribution is 2.23. The van der Waals surface area contributed by atoms with Crippen molar-refractivity contribution < 1.29 is 19.1 Å². The van der Waals surface area contributed by atoms with E-state index < -0.39 is 5.97 Å². The van der Waals surface area contributed by atoms with E-state index >= 15 is 0 Å². The summed E-state index contributed by atoms with van der Waals surface area (Å²) in [5.41, 5.74) is 1.66. The molecule has 1 amide bonds. The van der Waals surface area contributed by atoms with Crippen molar-refractivity contribution in [1.29, 1.82) is 0 Å². The predicted octanol–water partition coefficient (Wildman–Crippen LogP) is 3.20. The number of carbonyl (C=O) groups is 3. The lowest BCUT2D eigenvalue weighted by Gasteiger charge is -2.29. The van der Waals surface area contributed by atoms with E-state index in [1.807, 2.05) is 19.1 Å². The van der Waals surface area contributed by atoms with Crippen LogP contribution in [0.25, 0.3) is 0 Å². The van der Waals surface area contributed by atoms with Gasteiger partial charge in [0.15, 0.2) is 12.4 Å². The zero-order valence-electron chi connectivity index (χ0n) is 15.0. The van der Waals surface area contributed by atoms with E-state index in [-0.39, 0.29) is 37.2 Å². The first kappa shape index (κ1) is 19.2. The lowest BCUT2D eigenvalue weighted by Crippen LogP contribution is -2.42. The summed E-state index contributed by atoms with van der Waals surface area (Å²) in [7, 11) is 0. The van der Waals surface area contributed by atoms with E-state index in [4.69, 9.17) is 4.74 Å². The molecule has 136 valence electrons. The molecule has 1 aromatic carbocycles. The zero-order chi connectivity index (χ0) is 18.2. The molecule has 1 N–H and O–H groups in total. The summed E-state index contributed by atoms with van der Waals surface area (Å²) in [4.78, 5) is 35.6. The van der Waals surface area contributed by atoms with Crippen molar-refractivity contribution in [1.82, 2.24) is 5.32 Å². The quantitative estimate of drug-likeness (QED) is 0.608. The number of hydrogen-bond donors (Lipinski definition) is 1. The van der Waals surface area contributed by atoms with Gasteiger partial charge in [0.05, 0.1) is 6.42 Å². The molecule has 0 heterocycles. The Morgan fingerprint density at radius 2 is 1.76 bits per heavy atom. The number of aryl methyl sites for hydroxylation is 1. The third kappa shape index (κ3) is 6.33. The largest absolute Gasteiger partial charge is 0.456 e. The van der Waals surface area contributed by atoms with Gasteiger partial charge in [0.25, 0.3) is 5.91 Å². The fourth-order valence-electron chi connectivity index (χ4n) is 3.10. The Hall–Kier alpha value is -2.17. The minimum absolute atomic E-state index is 0.0141. The molecule has 1 aromatic rings. The standard InChI is InChI=1S/C20H27NO4/c1-14-7-9-16(10-8-14)18(22)11-12-20(24)25-13-19(23)21-17-6-4-3-5-15(17)2/h7-10,15,17H,3-6,11-13H2,1-2H3,(H,21,23). The van der Waals surface area contributed by atoms with Crippen molar-refractivity contribution in [2.24, 2.45) is 5.92 Å². The van der Waals surface area contributed by atoms with Gasteiger partial charge in [-0.25, -0.2) is 0 Å². The Balaban J connectivity index is 1.67. The highest BCUT2D eigenvalue weighted by molar-refractivity contribution is 5.97. The Labute approximate surface area is 149 Å². The minimum Gasteiger partial charge on any atom is -0.456 e. The summed E-state index contributed by atoms with van der Waals surface area (Å²) in [5, 5.41) is 2.94. The third-order valence-corrected chi connectivity index (χ3v) is 4.75. The number of ketones is 1. The molecule has 0 radical (unpaired) electrons. The number of ether oxygens (including phenoxy) is 1. The molecule has 5 nitrogen and oxygen atoms in total. The second-order valence-electron chi connectivity index (χ2n) is 6.89. The molecule has 2 rings (SSSR count). The zero-order valence-corrected chi connectivity index (χ0v) is 15.0. The van der Waals surface area contributed by atoms with Gasteiger partial charge in [0.2, 0.25) is 0 Å². The summed E-state index contributed by atoms with van der Waals surface area (Å²) in [6.07, 6.45) is 4.49. The number of benzene rings is 1. The van der Waals surface area contributed by atoms with Crippen molar-refractivity contribution in [2.45, 2.75) is 58.4 Å². The first-order valence-electron chi connectivity index (χ1n) is 9.00. The summed E-state index contributed by atoms with van der Waals surface area (Å²) in [6, 6.07) is 7.40. The summed E-state index contributed by atoms with van der Waals surface area (Å²) >= 11 is 0. The van der Waals surface area contributed by atoms with Gasteiger partial charge in [-0.05, 0) is 25.7 Å². The topological polar surface area (TPSA) is 72.5 Å². The molecule has 0 spiro atoms. The van der Waals surface area contributed by atoms with Crippen LogP contribution in [0.3, 0.4) is 0 Å². The van der Waals surface area contributed by atoms with Crippen molar-refractivity contribution in [2.75, 3.05) is 6.61 Å². The van der Waals surface area contributed by atoms with Crippen LogP contribution in [0.1, 0.15) is 61.4 Å². The second-order valence-corrected chi connectivity index (χ2v) is 6.89. The van der Waals surface area contributed by atoms with Crippen molar-refractivity contribution in [3.8, 4) is 0 Å². The van der Waals surface area contributed by atoms with E-state index in [0.29, 0.717) is 11.5 Å². The van der Waals surface area contributed by atoms with Crippen LogP contribution in [0, 0.1) is 12.8 Å². The number of nitrogens with one attached hydrogen (secondary N) is 1. The SMILES string of the molecule is Cc1ccc(C(=O)CCC(=O)OCC(=O)NC2CCCCC2C)cc1. The molecule has 0 aliphatic heterocycles. The fraction of sp³-hybridized carbons (Fsp3) is 0.550. The lowest BCUT2D eigenvalue weighted by atomic mass is 9.86. The van der Waals surface area contributed by atoms with E-state index in [9.17, 15) is 14.4 Å². The van der Waals surface area contributed by atoms with Crippen LogP contribution < -0.4 is 5.32 Å². The first-order valence-corrected chi connectivity index (χ1v) is 9.00. The number of amides is 1. The summed E-state index contributed by atoms with van der Waals surface area (Å²) in [6.45, 7) is 3.80. The summed E-state index contributed by atoms with van der Waals surface area (Å²) in [5.74, 6) is -0.428. The maximum atomic E-state index is 12.0. The third-order valence-electron chi connectivity index (χ3n) is 4.75. The molecule has 1 fully saturated rings. The molecule has 2 atom stereocenters. The molecule has 2 unspecified atom stereocenters. The van der Waals surface area contributed by atoms with Crippen LogP contribution in [-0.4, -0.2) is 30.3 Å². The van der Waals surface area contributed by atoms with Crippen molar-refractivity contribution in [3.63, 3.8) is 0 Å². The highest BCUT2D eigenvalue weighted by atomic mass is 16.5. The van der Waals surface area contributed by atoms with Gasteiger partial charge in [-0.1, -0.05) is 49.6 Å². The molecule has 5 heteroatoms. The first-order chi connectivity index (χ1) is 12.0. The number of rotatable bonds is 7.